The molecule has 2 aliphatic rings. The Balaban J connectivity index is 1.20. The van der Waals surface area contributed by atoms with Crippen LogP contribution >= 0.6 is 0 Å². The van der Waals surface area contributed by atoms with Crippen LogP contribution in [0.4, 0.5) is 5.69 Å². The number of nitrogens with one attached hydrogen (secondary N) is 1. The summed E-state index contributed by atoms with van der Waals surface area (Å²) in [7, 11) is 0. The first-order valence-corrected chi connectivity index (χ1v) is 10.4. The first-order chi connectivity index (χ1) is 14.2. The number of benzene rings is 2. The van der Waals surface area contributed by atoms with Crippen LogP contribution in [0.5, 0.6) is 11.5 Å². The van der Waals surface area contributed by atoms with Crippen molar-refractivity contribution in [1.29, 1.82) is 0 Å². The van der Waals surface area contributed by atoms with Crippen molar-refractivity contribution in [2.24, 2.45) is 0 Å². The Morgan fingerprint density at radius 3 is 2.59 bits per heavy atom. The van der Waals surface area contributed by atoms with Crippen molar-refractivity contribution < 1.29 is 14.3 Å². The lowest BCUT2D eigenvalue weighted by atomic mass is 10.1. The standard InChI is InChI=1S/C23H29N3O3/c1-2-28-21-6-4-20(5-7-21)24-23(27)17-26-12-10-25(11-13-26)16-18-3-8-22-19(15-18)9-14-29-22/h3-8,15H,2,9-14,16-17H2,1H3,(H,24,27). The molecule has 154 valence electrons. The number of rotatable bonds is 7. The van der Waals surface area contributed by atoms with E-state index in [-0.39, 0.29) is 5.91 Å². The maximum absolute atomic E-state index is 12.4. The van der Waals surface area contributed by atoms with Gasteiger partial charge < -0.3 is 14.8 Å². The zero-order valence-corrected chi connectivity index (χ0v) is 17.0. The van der Waals surface area contributed by atoms with Gasteiger partial charge in [0.2, 0.25) is 5.91 Å². The summed E-state index contributed by atoms with van der Waals surface area (Å²) in [6, 6.07) is 14.1. The topological polar surface area (TPSA) is 54.0 Å². The quantitative estimate of drug-likeness (QED) is 0.781. The zero-order valence-electron chi connectivity index (χ0n) is 17.0. The van der Waals surface area contributed by atoms with Gasteiger partial charge >= 0.3 is 0 Å². The summed E-state index contributed by atoms with van der Waals surface area (Å²) in [5.74, 6) is 1.89. The van der Waals surface area contributed by atoms with Gasteiger partial charge in [0.15, 0.2) is 0 Å². The van der Waals surface area contributed by atoms with Crippen molar-refractivity contribution in [1.82, 2.24) is 9.80 Å². The third kappa shape index (κ3) is 5.28. The Kier molecular flexibility index (Phi) is 6.32. The molecule has 2 aromatic carbocycles. The summed E-state index contributed by atoms with van der Waals surface area (Å²) in [5.41, 5.74) is 3.47. The Morgan fingerprint density at radius 1 is 1.07 bits per heavy atom. The molecule has 0 bridgehead atoms. The molecule has 0 unspecified atom stereocenters. The summed E-state index contributed by atoms with van der Waals surface area (Å²) >= 11 is 0. The van der Waals surface area contributed by atoms with Crippen LogP contribution in [0.3, 0.4) is 0 Å². The Hall–Kier alpha value is -2.57. The van der Waals surface area contributed by atoms with E-state index in [0.29, 0.717) is 13.2 Å². The average Bonchev–Trinajstić information content (AvgIpc) is 3.19. The van der Waals surface area contributed by atoms with Crippen molar-refractivity contribution in [3.8, 4) is 11.5 Å². The van der Waals surface area contributed by atoms with E-state index in [2.05, 4.69) is 33.3 Å². The highest BCUT2D eigenvalue weighted by molar-refractivity contribution is 5.92. The third-order valence-corrected chi connectivity index (χ3v) is 5.44. The van der Waals surface area contributed by atoms with E-state index in [1.165, 1.54) is 11.1 Å². The molecule has 2 heterocycles. The highest BCUT2D eigenvalue weighted by Crippen LogP contribution is 2.26. The van der Waals surface area contributed by atoms with Gasteiger partial charge in [0.05, 0.1) is 19.8 Å². The third-order valence-electron chi connectivity index (χ3n) is 5.44. The van der Waals surface area contributed by atoms with Gasteiger partial charge in [0, 0.05) is 44.8 Å². The smallest absolute Gasteiger partial charge is 0.238 e. The van der Waals surface area contributed by atoms with E-state index in [1.807, 2.05) is 31.2 Å². The first-order valence-electron chi connectivity index (χ1n) is 10.4. The number of carbonyl (C=O) groups excluding carboxylic acids is 1. The Morgan fingerprint density at radius 2 is 1.83 bits per heavy atom. The molecule has 1 saturated heterocycles. The molecule has 0 aromatic heterocycles. The molecule has 6 nitrogen and oxygen atoms in total. The Bertz CT molecular complexity index is 830. The van der Waals surface area contributed by atoms with Crippen LogP contribution in [0.2, 0.25) is 0 Å². The van der Waals surface area contributed by atoms with Crippen molar-refractivity contribution in [3.63, 3.8) is 0 Å². The lowest BCUT2D eigenvalue weighted by molar-refractivity contribution is -0.117. The highest BCUT2D eigenvalue weighted by atomic mass is 16.5. The largest absolute Gasteiger partial charge is 0.494 e. The maximum atomic E-state index is 12.4. The number of fused-ring (bicyclic) bond motifs is 1. The molecule has 4 rings (SSSR count). The van der Waals surface area contributed by atoms with Gasteiger partial charge in [-0.3, -0.25) is 14.6 Å². The summed E-state index contributed by atoms with van der Waals surface area (Å²) in [4.78, 5) is 17.0. The van der Waals surface area contributed by atoms with Gasteiger partial charge in [0.1, 0.15) is 11.5 Å². The number of carbonyl (C=O) groups is 1. The molecule has 2 aromatic rings. The number of anilines is 1. The minimum atomic E-state index is 0.0289. The predicted octanol–water partition coefficient (Wildman–Crippen LogP) is 2.78. The molecule has 0 radical (unpaired) electrons. The van der Waals surface area contributed by atoms with Gasteiger partial charge in [-0.25, -0.2) is 0 Å². The summed E-state index contributed by atoms with van der Waals surface area (Å²) in [6.07, 6.45) is 1.01. The van der Waals surface area contributed by atoms with Gasteiger partial charge in [-0.05, 0) is 48.4 Å². The average molecular weight is 396 g/mol. The second kappa shape index (κ2) is 9.29. The fourth-order valence-corrected chi connectivity index (χ4v) is 3.91. The molecule has 0 aliphatic carbocycles. The number of nitrogens with zero attached hydrogens (tertiary/aromatic N) is 2. The number of amides is 1. The van der Waals surface area contributed by atoms with Crippen LogP contribution in [0.15, 0.2) is 42.5 Å². The summed E-state index contributed by atoms with van der Waals surface area (Å²) in [5, 5.41) is 2.97. The number of hydrogen-bond donors (Lipinski definition) is 1. The lowest BCUT2D eigenvalue weighted by Gasteiger charge is -2.34. The molecule has 0 spiro atoms. The minimum absolute atomic E-state index is 0.0289. The van der Waals surface area contributed by atoms with Crippen molar-refractivity contribution in [2.75, 3.05) is 51.3 Å². The lowest BCUT2D eigenvalue weighted by Crippen LogP contribution is -2.48. The first kappa shape index (κ1) is 19.7. The van der Waals surface area contributed by atoms with Crippen molar-refractivity contribution >= 4 is 11.6 Å². The van der Waals surface area contributed by atoms with Crippen LogP contribution in [0, 0.1) is 0 Å². The fraction of sp³-hybridized carbons (Fsp3) is 0.435. The molecule has 0 saturated carbocycles. The summed E-state index contributed by atoms with van der Waals surface area (Å²) < 4.78 is 11.0. The molecular weight excluding hydrogens is 366 g/mol. The van der Waals surface area contributed by atoms with Crippen LogP contribution in [-0.2, 0) is 17.8 Å². The molecular formula is C23H29N3O3. The molecule has 29 heavy (non-hydrogen) atoms. The zero-order chi connectivity index (χ0) is 20.1. The minimum Gasteiger partial charge on any atom is -0.494 e. The van der Waals surface area contributed by atoms with Crippen LogP contribution in [0.25, 0.3) is 0 Å². The predicted molar refractivity (Wildman–Crippen MR) is 114 cm³/mol. The van der Waals surface area contributed by atoms with E-state index in [4.69, 9.17) is 9.47 Å². The Labute approximate surface area is 172 Å². The molecule has 2 aliphatic heterocycles. The normalized spacial score (nSPS) is 16.9. The van der Waals surface area contributed by atoms with E-state index in [0.717, 1.165) is 62.9 Å². The van der Waals surface area contributed by atoms with Crippen LogP contribution in [-0.4, -0.2) is 61.6 Å². The van der Waals surface area contributed by atoms with E-state index < -0.39 is 0 Å². The molecule has 6 heteroatoms. The second-order valence-corrected chi connectivity index (χ2v) is 7.60. The van der Waals surface area contributed by atoms with Gasteiger partial charge in [-0.2, -0.15) is 0 Å². The SMILES string of the molecule is CCOc1ccc(NC(=O)CN2CCN(Cc3ccc4c(c3)CCO4)CC2)cc1. The van der Waals surface area contributed by atoms with Crippen LogP contribution in [0.1, 0.15) is 18.1 Å². The van der Waals surface area contributed by atoms with Crippen molar-refractivity contribution in [3.05, 3.63) is 53.6 Å². The van der Waals surface area contributed by atoms with Gasteiger partial charge in [0.25, 0.3) is 0 Å². The van der Waals surface area contributed by atoms with E-state index in [1.54, 1.807) is 0 Å². The summed E-state index contributed by atoms with van der Waals surface area (Å²) in [6.45, 7) is 8.55. The number of ether oxygens (including phenoxy) is 2. The van der Waals surface area contributed by atoms with Gasteiger partial charge in [-0.15, -0.1) is 0 Å². The van der Waals surface area contributed by atoms with Crippen molar-refractivity contribution in [2.45, 2.75) is 19.9 Å². The van der Waals surface area contributed by atoms with E-state index in [9.17, 15) is 4.79 Å². The number of piperazine rings is 1. The van der Waals surface area contributed by atoms with Gasteiger partial charge in [-0.1, -0.05) is 12.1 Å². The molecule has 1 fully saturated rings. The fourth-order valence-electron chi connectivity index (χ4n) is 3.91. The molecule has 0 atom stereocenters. The second-order valence-electron chi connectivity index (χ2n) is 7.60. The molecule has 1 N–H and O–H groups in total. The monoisotopic (exact) mass is 395 g/mol. The maximum Gasteiger partial charge on any atom is 0.238 e. The van der Waals surface area contributed by atoms with E-state index >= 15 is 0 Å². The molecule has 1 amide bonds. The highest BCUT2D eigenvalue weighted by Gasteiger charge is 2.20. The van der Waals surface area contributed by atoms with Crippen LogP contribution < -0.4 is 14.8 Å². The number of hydrogen-bond acceptors (Lipinski definition) is 5.